The second-order valence-corrected chi connectivity index (χ2v) is 10.7. The maximum absolute atomic E-state index is 13.2. The molecule has 2 N–H and O–H groups in total. The van der Waals surface area contributed by atoms with E-state index in [1.807, 2.05) is 35.2 Å². The Balaban J connectivity index is 1.48. The number of hydrogen-bond acceptors (Lipinski definition) is 5. The molecule has 0 radical (unpaired) electrons. The summed E-state index contributed by atoms with van der Waals surface area (Å²) in [5, 5.41) is 23.0. The first-order valence-corrected chi connectivity index (χ1v) is 12.8. The van der Waals surface area contributed by atoms with E-state index in [1.165, 1.54) is 12.8 Å². The summed E-state index contributed by atoms with van der Waals surface area (Å²) < 4.78 is 0. The zero-order chi connectivity index (χ0) is 23.9. The van der Waals surface area contributed by atoms with Crippen molar-refractivity contribution >= 4 is 5.91 Å². The molecule has 5 rings (SSSR count). The highest BCUT2D eigenvalue weighted by Gasteiger charge is 2.59. The Morgan fingerprint density at radius 3 is 2.62 bits per heavy atom. The van der Waals surface area contributed by atoms with Gasteiger partial charge in [0.15, 0.2) is 0 Å². The maximum atomic E-state index is 13.2. The van der Waals surface area contributed by atoms with Crippen molar-refractivity contribution in [2.75, 3.05) is 26.2 Å². The highest BCUT2D eigenvalue weighted by molar-refractivity contribution is 5.78. The Hall–Kier alpha value is -2.44. The third-order valence-corrected chi connectivity index (χ3v) is 8.80. The number of likely N-dealkylation sites (tertiary alicyclic amines) is 2. The standard InChI is InChI=1S/C28H37N3O3/c1-20-6-9-24(32)18-25(20)27-10-14-30(26(33)17-23-5-3-4-13-29-23)16-12-28(27,34)21(2)31(15-11-27)19-22-7-8-22/h3-6,9,13,18,21-22,32,34H,7-8,10-12,14-17,19H2,1-2H3. The van der Waals surface area contributed by atoms with Crippen molar-refractivity contribution in [1.29, 1.82) is 0 Å². The van der Waals surface area contributed by atoms with Gasteiger partial charge in [0.25, 0.3) is 0 Å². The zero-order valence-corrected chi connectivity index (χ0v) is 20.4. The molecule has 3 unspecified atom stereocenters. The van der Waals surface area contributed by atoms with Crippen molar-refractivity contribution in [2.24, 2.45) is 5.92 Å². The molecule has 0 bridgehead atoms. The molecule has 6 nitrogen and oxygen atoms in total. The van der Waals surface area contributed by atoms with Gasteiger partial charge in [0.2, 0.25) is 5.91 Å². The molecule has 182 valence electrons. The van der Waals surface area contributed by atoms with E-state index < -0.39 is 11.0 Å². The van der Waals surface area contributed by atoms with E-state index in [0.717, 1.165) is 42.2 Å². The summed E-state index contributed by atoms with van der Waals surface area (Å²) in [6, 6.07) is 11.2. The van der Waals surface area contributed by atoms with Crippen LogP contribution in [-0.4, -0.2) is 68.7 Å². The van der Waals surface area contributed by atoms with Gasteiger partial charge < -0.3 is 15.1 Å². The van der Waals surface area contributed by atoms with Gasteiger partial charge >= 0.3 is 0 Å². The van der Waals surface area contributed by atoms with Gasteiger partial charge in [-0.05, 0) is 93.8 Å². The van der Waals surface area contributed by atoms with Crippen LogP contribution >= 0.6 is 0 Å². The topological polar surface area (TPSA) is 76.9 Å². The minimum absolute atomic E-state index is 0.0190. The fourth-order valence-electron chi connectivity index (χ4n) is 6.51. The van der Waals surface area contributed by atoms with E-state index in [4.69, 9.17) is 0 Å². The first-order valence-electron chi connectivity index (χ1n) is 12.8. The van der Waals surface area contributed by atoms with E-state index in [0.29, 0.717) is 25.9 Å². The predicted molar refractivity (Wildman–Crippen MR) is 132 cm³/mol. The Morgan fingerprint density at radius 1 is 1.12 bits per heavy atom. The van der Waals surface area contributed by atoms with Crippen LogP contribution in [0.1, 0.15) is 55.8 Å². The summed E-state index contributed by atoms with van der Waals surface area (Å²) in [5.74, 6) is 1.05. The summed E-state index contributed by atoms with van der Waals surface area (Å²) in [5.41, 5.74) is 1.41. The largest absolute Gasteiger partial charge is 0.508 e. The number of aryl methyl sites for hydroxylation is 1. The molecule has 1 saturated carbocycles. The summed E-state index contributed by atoms with van der Waals surface area (Å²) in [6.07, 6.45) is 6.61. The summed E-state index contributed by atoms with van der Waals surface area (Å²) in [7, 11) is 0. The molecular formula is C28H37N3O3. The molecule has 3 aliphatic rings. The van der Waals surface area contributed by atoms with Crippen molar-refractivity contribution in [3.05, 3.63) is 59.4 Å². The van der Waals surface area contributed by atoms with Crippen LogP contribution in [0.4, 0.5) is 0 Å². The van der Waals surface area contributed by atoms with Gasteiger partial charge in [-0.15, -0.1) is 0 Å². The molecule has 3 fully saturated rings. The summed E-state index contributed by atoms with van der Waals surface area (Å²) in [4.78, 5) is 22.0. The number of aliphatic hydroxyl groups is 1. The number of amides is 1. The monoisotopic (exact) mass is 463 g/mol. The highest BCUT2D eigenvalue weighted by Crippen LogP contribution is 2.53. The van der Waals surface area contributed by atoms with Crippen LogP contribution in [0.3, 0.4) is 0 Å². The van der Waals surface area contributed by atoms with Gasteiger partial charge in [-0.3, -0.25) is 14.7 Å². The lowest BCUT2D eigenvalue weighted by molar-refractivity contribution is -0.137. The third kappa shape index (κ3) is 4.11. The van der Waals surface area contributed by atoms with Gasteiger partial charge in [-0.25, -0.2) is 0 Å². The Kier molecular flexibility index (Phi) is 6.15. The Bertz CT molecular complexity index is 1040. The van der Waals surface area contributed by atoms with Crippen molar-refractivity contribution < 1.29 is 15.0 Å². The molecule has 6 heteroatoms. The van der Waals surface area contributed by atoms with Crippen molar-refractivity contribution in [3.8, 4) is 5.75 Å². The van der Waals surface area contributed by atoms with Crippen LogP contribution in [0.25, 0.3) is 0 Å². The SMILES string of the molecule is Cc1ccc(O)cc1C12CCN(C(=O)Cc3ccccn3)CCC1(O)C(C)N(CC1CC1)CC2. The number of pyridine rings is 1. The quantitative estimate of drug-likeness (QED) is 0.711. The van der Waals surface area contributed by atoms with Crippen molar-refractivity contribution in [3.63, 3.8) is 0 Å². The molecule has 0 spiro atoms. The minimum atomic E-state index is -0.987. The van der Waals surface area contributed by atoms with Crippen LogP contribution in [0.15, 0.2) is 42.6 Å². The molecule has 2 aromatic rings. The molecule has 3 atom stereocenters. The molecule has 1 aliphatic carbocycles. The molecule has 1 aromatic heterocycles. The number of aromatic hydroxyl groups is 1. The van der Waals surface area contributed by atoms with Crippen molar-refractivity contribution in [2.45, 2.75) is 69.4 Å². The number of piperidine rings is 1. The second-order valence-electron chi connectivity index (χ2n) is 10.7. The number of benzene rings is 1. The van der Waals surface area contributed by atoms with E-state index in [1.54, 1.807) is 12.3 Å². The first kappa shape index (κ1) is 23.3. The third-order valence-electron chi connectivity index (χ3n) is 8.80. The maximum Gasteiger partial charge on any atom is 0.228 e. The molecule has 2 aliphatic heterocycles. The van der Waals surface area contributed by atoms with Gasteiger partial charge in [0, 0.05) is 43.0 Å². The number of aromatic nitrogens is 1. The molecule has 1 aromatic carbocycles. The summed E-state index contributed by atoms with van der Waals surface area (Å²) >= 11 is 0. The highest BCUT2D eigenvalue weighted by atomic mass is 16.3. The lowest BCUT2D eigenvalue weighted by Crippen LogP contribution is -2.68. The number of fused-ring (bicyclic) bond motifs is 1. The van der Waals surface area contributed by atoms with Crippen LogP contribution in [0.2, 0.25) is 0 Å². The fourth-order valence-corrected chi connectivity index (χ4v) is 6.51. The lowest BCUT2D eigenvalue weighted by atomic mass is 9.57. The van der Waals surface area contributed by atoms with Crippen molar-refractivity contribution in [1.82, 2.24) is 14.8 Å². The predicted octanol–water partition coefficient (Wildman–Crippen LogP) is 3.43. The number of nitrogens with zero attached hydrogens (tertiary/aromatic N) is 3. The van der Waals surface area contributed by atoms with E-state index in [9.17, 15) is 15.0 Å². The number of phenolic OH excluding ortho intramolecular Hbond substituents is 1. The van der Waals surface area contributed by atoms with Crippen LogP contribution in [0.5, 0.6) is 5.75 Å². The molecule has 34 heavy (non-hydrogen) atoms. The van der Waals surface area contributed by atoms with Crippen LogP contribution < -0.4 is 0 Å². The van der Waals surface area contributed by atoms with Gasteiger partial charge in [0.05, 0.1) is 12.0 Å². The minimum Gasteiger partial charge on any atom is -0.508 e. The van der Waals surface area contributed by atoms with E-state index in [2.05, 4.69) is 23.7 Å². The number of rotatable bonds is 5. The van der Waals surface area contributed by atoms with Crippen LogP contribution in [0, 0.1) is 12.8 Å². The number of carbonyl (C=O) groups is 1. The molecule has 1 amide bonds. The van der Waals surface area contributed by atoms with E-state index in [-0.39, 0.29) is 24.1 Å². The fraction of sp³-hybridized carbons (Fsp3) is 0.571. The van der Waals surface area contributed by atoms with Crippen LogP contribution in [-0.2, 0) is 16.6 Å². The summed E-state index contributed by atoms with van der Waals surface area (Å²) in [6.45, 7) is 7.33. The molecular weight excluding hydrogens is 426 g/mol. The van der Waals surface area contributed by atoms with E-state index >= 15 is 0 Å². The molecule has 2 saturated heterocycles. The lowest BCUT2D eigenvalue weighted by Gasteiger charge is -2.57. The first-order chi connectivity index (χ1) is 16.3. The Morgan fingerprint density at radius 2 is 1.88 bits per heavy atom. The average Bonchev–Trinajstić information content (AvgIpc) is 3.66. The van der Waals surface area contributed by atoms with Gasteiger partial charge in [0.1, 0.15) is 5.75 Å². The Labute approximate surface area is 202 Å². The average molecular weight is 464 g/mol. The van der Waals surface area contributed by atoms with Gasteiger partial charge in [-0.1, -0.05) is 12.1 Å². The van der Waals surface area contributed by atoms with Gasteiger partial charge in [-0.2, -0.15) is 0 Å². The number of phenols is 1. The zero-order valence-electron chi connectivity index (χ0n) is 20.4. The normalized spacial score (nSPS) is 30.0. The number of carbonyl (C=O) groups excluding carboxylic acids is 1. The number of hydrogen-bond donors (Lipinski definition) is 2. The second kappa shape index (κ2) is 8.97. The molecule has 3 heterocycles. The smallest absolute Gasteiger partial charge is 0.228 e.